The lowest BCUT2D eigenvalue weighted by Crippen LogP contribution is -2.35. The van der Waals surface area contributed by atoms with Gasteiger partial charge in [-0.2, -0.15) is 0 Å². The van der Waals surface area contributed by atoms with Gasteiger partial charge in [0.15, 0.2) is 0 Å². The van der Waals surface area contributed by atoms with E-state index in [0.29, 0.717) is 0 Å². The van der Waals surface area contributed by atoms with Crippen LogP contribution in [0, 0.1) is 5.21 Å². The lowest BCUT2D eigenvalue weighted by Gasteiger charge is -2.10. The number of ether oxygens (including phenoxy) is 1. The maximum Gasteiger partial charge on any atom is 0.415 e. The molecule has 0 radical (unpaired) electrons. The van der Waals surface area contributed by atoms with E-state index in [0.717, 1.165) is 7.11 Å². The molecular formula is C9H7N3O8. The molecule has 0 atom stereocenters. The summed E-state index contributed by atoms with van der Waals surface area (Å²) in [4.78, 5) is 49.6. The van der Waals surface area contributed by atoms with Gasteiger partial charge in [-0.25, -0.2) is 9.59 Å². The molecule has 1 aliphatic rings. The molecule has 0 spiro atoms. The van der Waals surface area contributed by atoms with Crippen molar-refractivity contribution in [2.24, 2.45) is 0 Å². The smallest absolute Gasteiger partial charge is 0.415 e. The second kappa shape index (κ2) is 4.95. The third-order valence-corrected chi connectivity index (χ3v) is 2.37. The van der Waals surface area contributed by atoms with Crippen molar-refractivity contribution in [2.45, 2.75) is 12.8 Å². The summed E-state index contributed by atoms with van der Waals surface area (Å²) in [7, 11) is 0.970. The minimum Gasteiger partial charge on any atom is -0.463 e. The first-order valence-corrected chi connectivity index (χ1v) is 5.21. The quantitative estimate of drug-likeness (QED) is 0.361. The summed E-state index contributed by atoms with van der Waals surface area (Å²) < 4.78 is 8.34. The summed E-state index contributed by atoms with van der Waals surface area (Å²) >= 11 is 0. The lowest BCUT2D eigenvalue weighted by atomic mass is 10.3. The van der Waals surface area contributed by atoms with E-state index in [4.69, 9.17) is 0 Å². The summed E-state index contributed by atoms with van der Waals surface area (Å²) in [6.07, 6.45) is -0.202. The highest BCUT2D eigenvalue weighted by atomic mass is 16.8. The number of carbonyl (C=O) groups is 4. The molecule has 1 aromatic heterocycles. The van der Waals surface area contributed by atoms with Crippen LogP contribution in [0.4, 0.5) is 0 Å². The Bertz CT molecular complexity index is 590. The molecule has 1 saturated heterocycles. The van der Waals surface area contributed by atoms with Crippen LogP contribution in [0.25, 0.3) is 0 Å². The van der Waals surface area contributed by atoms with Gasteiger partial charge in [0.05, 0.1) is 12.3 Å². The van der Waals surface area contributed by atoms with Crippen LogP contribution < -0.4 is 4.90 Å². The first-order chi connectivity index (χ1) is 9.45. The van der Waals surface area contributed by atoms with Crippen molar-refractivity contribution in [3.8, 4) is 0 Å². The molecule has 20 heavy (non-hydrogen) atoms. The average Bonchev–Trinajstić information content (AvgIpc) is 2.95. The Kier molecular flexibility index (Phi) is 3.33. The van der Waals surface area contributed by atoms with Gasteiger partial charge < -0.3 is 14.8 Å². The van der Waals surface area contributed by atoms with Gasteiger partial charge in [-0.05, 0) is 4.90 Å². The standard InChI is InChI=1S/C9H7N3O8/c1-18-9(16)7-6(10-20-12(7)17)8(15)19-11-4(13)2-3-5(11)14/h2-3H2,1H3. The van der Waals surface area contributed by atoms with Gasteiger partial charge in [0.25, 0.3) is 11.8 Å². The van der Waals surface area contributed by atoms with Gasteiger partial charge in [0.2, 0.25) is 0 Å². The fourth-order valence-electron chi connectivity index (χ4n) is 1.43. The number of methoxy groups -OCH3 is 1. The van der Waals surface area contributed by atoms with Gasteiger partial charge >= 0.3 is 23.3 Å². The van der Waals surface area contributed by atoms with Crippen LogP contribution in [0.15, 0.2) is 4.63 Å². The van der Waals surface area contributed by atoms with Crippen molar-refractivity contribution < 1.29 is 38.3 Å². The van der Waals surface area contributed by atoms with Crippen molar-refractivity contribution in [1.82, 2.24) is 10.2 Å². The van der Waals surface area contributed by atoms with Gasteiger partial charge in [-0.1, -0.05) is 0 Å². The molecule has 0 unspecified atom stereocenters. The van der Waals surface area contributed by atoms with E-state index in [-0.39, 0.29) is 22.8 Å². The van der Waals surface area contributed by atoms with Crippen molar-refractivity contribution in [1.29, 1.82) is 0 Å². The van der Waals surface area contributed by atoms with Crippen LogP contribution in [-0.2, 0) is 19.2 Å². The Labute approximate surface area is 110 Å². The van der Waals surface area contributed by atoms with Crippen LogP contribution in [0.5, 0.6) is 0 Å². The van der Waals surface area contributed by atoms with E-state index in [9.17, 15) is 24.4 Å². The van der Waals surface area contributed by atoms with Crippen LogP contribution in [0.2, 0.25) is 0 Å². The van der Waals surface area contributed by atoms with E-state index in [1.807, 2.05) is 0 Å². The molecule has 106 valence electrons. The molecule has 2 amide bonds. The predicted octanol–water partition coefficient (Wildman–Crippen LogP) is -1.68. The Morgan fingerprint density at radius 3 is 2.45 bits per heavy atom. The van der Waals surface area contributed by atoms with E-state index in [1.54, 1.807) is 0 Å². The van der Waals surface area contributed by atoms with Crippen molar-refractivity contribution in [2.75, 3.05) is 7.11 Å². The molecule has 0 N–H and O–H groups in total. The third kappa shape index (κ3) is 2.15. The summed E-state index contributed by atoms with van der Waals surface area (Å²) in [5, 5.41) is 14.4. The molecule has 0 saturated carbocycles. The highest BCUT2D eigenvalue weighted by molar-refractivity contribution is 6.04. The number of carbonyl (C=O) groups excluding carboxylic acids is 4. The molecule has 0 aromatic carbocycles. The first-order valence-electron chi connectivity index (χ1n) is 5.21. The Hall–Kier alpha value is -2.98. The van der Waals surface area contributed by atoms with Crippen molar-refractivity contribution in [3.05, 3.63) is 16.6 Å². The zero-order valence-corrected chi connectivity index (χ0v) is 10.0. The number of amides is 2. The Morgan fingerprint density at radius 2 is 1.90 bits per heavy atom. The molecule has 1 aromatic rings. The first kappa shape index (κ1) is 13.5. The summed E-state index contributed by atoms with van der Waals surface area (Å²) in [6, 6.07) is 0. The molecule has 2 rings (SSSR count). The van der Waals surface area contributed by atoms with E-state index < -0.39 is 35.1 Å². The number of nitrogens with zero attached hydrogens (tertiary/aromatic N) is 3. The summed E-state index contributed by atoms with van der Waals surface area (Å²) in [6.45, 7) is 0. The van der Waals surface area contributed by atoms with Gasteiger partial charge in [0, 0.05) is 12.8 Å². The van der Waals surface area contributed by atoms with E-state index in [2.05, 4.69) is 19.4 Å². The number of imide groups is 1. The van der Waals surface area contributed by atoms with Gasteiger partial charge in [0.1, 0.15) is 0 Å². The van der Waals surface area contributed by atoms with Crippen molar-refractivity contribution in [3.63, 3.8) is 0 Å². The zero-order valence-electron chi connectivity index (χ0n) is 10.0. The molecule has 11 heteroatoms. The normalized spacial score (nSPS) is 14.6. The van der Waals surface area contributed by atoms with E-state index in [1.165, 1.54) is 0 Å². The lowest BCUT2D eigenvalue weighted by molar-refractivity contribution is -0.804. The Balaban J connectivity index is 2.24. The predicted molar refractivity (Wildman–Crippen MR) is 53.3 cm³/mol. The number of aromatic nitrogens is 2. The van der Waals surface area contributed by atoms with Gasteiger partial charge in [-0.15, -0.1) is 5.06 Å². The van der Waals surface area contributed by atoms with Crippen LogP contribution in [0.1, 0.15) is 33.8 Å². The highest BCUT2D eigenvalue weighted by Gasteiger charge is 2.39. The molecule has 1 aliphatic heterocycles. The van der Waals surface area contributed by atoms with Crippen LogP contribution >= 0.6 is 0 Å². The average molecular weight is 285 g/mol. The number of hydroxylamine groups is 2. The topological polar surface area (TPSA) is 143 Å². The largest absolute Gasteiger partial charge is 0.463 e. The Morgan fingerprint density at radius 1 is 1.30 bits per heavy atom. The monoisotopic (exact) mass is 285 g/mol. The minimum absolute atomic E-state index is 0.101. The molecular weight excluding hydrogens is 278 g/mol. The summed E-state index contributed by atoms with van der Waals surface area (Å²) in [5.41, 5.74) is -1.66. The molecule has 0 aliphatic carbocycles. The molecule has 11 nitrogen and oxygen atoms in total. The SMILES string of the molecule is COC(=O)c1c(C(=O)ON2C(=O)CCC2=O)no[n+]1[O-]. The second-order valence-electron chi connectivity index (χ2n) is 3.58. The maximum absolute atomic E-state index is 11.7. The highest BCUT2D eigenvalue weighted by Crippen LogP contribution is 2.14. The molecule has 0 bridgehead atoms. The summed E-state index contributed by atoms with van der Waals surface area (Å²) in [5.74, 6) is -4.00. The van der Waals surface area contributed by atoms with E-state index >= 15 is 0 Å². The fourth-order valence-corrected chi connectivity index (χ4v) is 1.43. The number of esters is 1. The zero-order chi connectivity index (χ0) is 14.9. The molecule has 1 fully saturated rings. The third-order valence-electron chi connectivity index (χ3n) is 2.37. The minimum atomic E-state index is -1.37. The van der Waals surface area contributed by atoms with Crippen LogP contribution in [-0.4, -0.2) is 41.1 Å². The number of hydrogen-bond donors (Lipinski definition) is 0. The number of hydrogen-bond acceptors (Lipinski definition) is 9. The van der Waals surface area contributed by atoms with Crippen LogP contribution in [0.3, 0.4) is 0 Å². The van der Waals surface area contributed by atoms with Crippen molar-refractivity contribution >= 4 is 23.8 Å². The number of rotatable bonds is 3. The maximum atomic E-state index is 11.7. The molecule has 2 heterocycles. The van der Waals surface area contributed by atoms with Gasteiger partial charge in [-0.3, -0.25) is 14.2 Å². The fraction of sp³-hybridized carbons (Fsp3) is 0.333. The second-order valence-corrected chi connectivity index (χ2v) is 3.58.